The predicted molar refractivity (Wildman–Crippen MR) is 68.9 cm³/mol. The van der Waals surface area contributed by atoms with Gasteiger partial charge in [0.2, 0.25) is 0 Å². The molecule has 0 aliphatic carbocycles. The summed E-state index contributed by atoms with van der Waals surface area (Å²) in [5.41, 5.74) is 7.56. The molecule has 0 aromatic heterocycles. The minimum absolute atomic E-state index is 0.723. The predicted octanol–water partition coefficient (Wildman–Crippen LogP) is 2.30. The maximum Gasteiger partial charge on any atom is 0.122 e. The smallest absolute Gasteiger partial charge is 0.122 e. The molecule has 1 rings (SSSR count). The second-order valence-electron chi connectivity index (χ2n) is 4.18. The molecule has 0 unspecified atom stereocenters. The number of hydrogen-bond donors (Lipinski definition) is 1. The van der Waals surface area contributed by atoms with Gasteiger partial charge in [-0.1, -0.05) is 6.92 Å². The SMILES string of the molecule is CCCN(C)CCOc1ccc(N)cc1C. The van der Waals surface area contributed by atoms with E-state index in [9.17, 15) is 0 Å². The fourth-order valence-electron chi connectivity index (χ4n) is 1.64. The van der Waals surface area contributed by atoms with E-state index in [1.54, 1.807) is 0 Å². The van der Waals surface area contributed by atoms with Crippen molar-refractivity contribution in [1.82, 2.24) is 4.90 Å². The summed E-state index contributed by atoms with van der Waals surface area (Å²) in [6, 6.07) is 5.74. The first kappa shape index (κ1) is 12.8. The highest BCUT2D eigenvalue weighted by molar-refractivity contribution is 5.47. The lowest BCUT2D eigenvalue weighted by atomic mass is 10.2. The van der Waals surface area contributed by atoms with Crippen molar-refractivity contribution in [1.29, 1.82) is 0 Å². The molecule has 1 aromatic carbocycles. The molecule has 0 bridgehead atoms. The van der Waals surface area contributed by atoms with Crippen LogP contribution in [0, 0.1) is 6.92 Å². The van der Waals surface area contributed by atoms with Gasteiger partial charge in [0.05, 0.1) is 0 Å². The van der Waals surface area contributed by atoms with Gasteiger partial charge in [-0.15, -0.1) is 0 Å². The average Bonchev–Trinajstić information content (AvgIpc) is 2.22. The lowest BCUT2D eigenvalue weighted by Gasteiger charge is -2.16. The molecule has 0 atom stereocenters. The Kier molecular flexibility index (Phi) is 5.12. The Hall–Kier alpha value is -1.22. The van der Waals surface area contributed by atoms with Gasteiger partial charge in [-0.25, -0.2) is 0 Å². The molecule has 0 spiro atoms. The quantitative estimate of drug-likeness (QED) is 0.751. The molecule has 0 fully saturated rings. The van der Waals surface area contributed by atoms with Crippen molar-refractivity contribution in [2.45, 2.75) is 20.3 Å². The summed E-state index contributed by atoms with van der Waals surface area (Å²) in [7, 11) is 2.11. The standard InChI is InChI=1S/C13H22N2O/c1-4-7-15(3)8-9-16-13-6-5-12(14)10-11(13)2/h5-6,10H,4,7-9,14H2,1-3H3. The maximum atomic E-state index is 5.71. The van der Waals surface area contributed by atoms with E-state index in [0.717, 1.165) is 36.7 Å². The zero-order valence-electron chi connectivity index (χ0n) is 10.5. The van der Waals surface area contributed by atoms with E-state index < -0.39 is 0 Å². The lowest BCUT2D eigenvalue weighted by Crippen LogP contribution is -2.25. The number of nitrogen functional groups attached to an aromatic ring is 1. The van der Waals surface area contributed by atoms with Crippen molar-refractivity contribution in [3.8, 4) is 5.75 Å². The maximum absolute atomic E-state index is 5.71. The van der Waals surface area contributed by atoms with Crippen LogP contribution in [0.15, 0.2) is 18.2 Å². The Balaban J connectivity index is 2.37. The molecular weight excluding hydrogens is 200 g/mol. The first-order valence-corrected chi connectivity index (χ1v) is 5.81. The molecule has 0 amide bonds. The van der Waals surface area contributed by atoms with E-state index in [1.807, 2.05) is 25.1 Å². The summed E-state index contributed by atoms with van der Waals surface area (Å²) in [6.45, 7) is 6.99. The minimum atomic E-state index is 0.723. The number of aryl methyl sites for hydroxylation is 1. The summed E-state index contributed by atoms with van der Waals surface area (Å²) in [6.07, 6.45) is 1.18. The molecule has 0 heterocycles. The number of nitrogens with zero attached hydrogens (tertiary/aromatic N) is 1. The van der Waals surface area contributed by atoms with Gasteiger partial charge in [-0.3, -0.25) is 0 Å². The van der Waals surface area contributed by atoms with Gasteiger partial charge in [-0.2, -0.15) is 0 Å². The third-order valence-corrected chi connectivity index (χ3v) is 2.53. The van der Waals surface area contributed by atoms with Crippen LogP contribution in [0.25, 0.3) is 0 Å². The van der Waals surface area contributed by atoms with Crippen LogP contribution >= 0.6 is 0 Å². The minimum Gasteiger partial charge on any atom is -0.492 e. The Labute approximate surface area is 98.2 Å². The molecule has 0 aliphatic heterocycles. The molecule has 0 saturated heterocycles. The number of benzene rings is 1. The van der Waals surface area contributed by atoms with Crippen LogP contribution in [-0.4, -0.2) is 31.6 Å². The molecule has 16 heavy (non-hydrogen) atoms. The first-order valence-electron chi connectivity index (χ1n) is 5.81. The van der Waals surface area contributed by atoms with Crippen molar-refractivity contribution >= 4 is 5.69 Å². The lowest BCUT2D eigenvalue weighted by molar-refractivity contribution is 0.237. The summed E-state index contributed by atoms with van der Waals surface area (Å²) in [4.78, 5) is 2.27. The normalized spacial score (nSPS) is 10.8. The molecule has 0 saturated carbocycles. The largest absolute Gasteiger partial charge is 0.492 e. The fraction of sp³-hybridized carbons (Fsp3) is 0.538. The number of anilines is 1. The molecular formula is C13H22N2O. The molecule has 3 nitrogen and oxygen atoms in total. The van der Waals surface area contributed by atoms with Crippen LogP contribution in [0.4, 0.5) is 5.69 Å². The molecule has 2 N–H and O–H groups in total. The number of likely N-dealkylation sites (N-methyl/N-ethyl adjacent to an activating group) is 1. The van der Waals surface area contributed by atoms with Crippen molar-refractivity contribution in [3.05, 3.63) is 23.8 Å². The molecule has 3 heteroatoms. The van der Waals surface area contributed by atoms with Gasteiger partial charge < -0.3 is 15.4 Å². The van der Waals surface area contributed by atoms with Crippen LogP contribution < -0.4 is 10.5 Å². The Morgan fingerprint density at radius 3 is 2.69 bits per heavy atom. The van der Waals surface area contributed by atoms with Crippen LogP contribution in [0.3, 0.4) is 0 Å². The third kappa shape index (κ3) is 4.11. The van der Waals surface area contributed by atoms with Crippen molar-refractivity contribution < 1.29 is 4.74 Å². The first-order chi connectivity index (χ1) is 7.63. The summed E-state index contributed by atoms with van der Waals surface area (Å²) < 4.78 is 5.71. The topological polar surface area (TPSA) is 38.5 Å². The van der Waals surface area contributed by atoms with E-state index in [4.69, 9.17) is 10.5 Å². The van der Waals surface area contributed by atoms with E-state index in [0.29, 0.717) is 0 Å². The zero-order valence-corrected chi connectivity index (χ0v) is 10.5. The van der Waals surface area contributed by atoms with E-state index in [-0.39, 0.29) is 0 Å². The van der Waals surface area contributed by atoms with Gasteiger partial charge in [0.15, 0.2) is 0 Å². The zero-order chi connectivity index (χ0) is 12.0. The van der Waals surface area contributed by atoms with E-state index in [2.05, 4.69) is 18.9 Å². The van der Waals surface area contributed by atoms with Gasteiger partial charge >= 0.3 is 0 Å². The van der Waals surface area contributed by atoms with E-state index >= 15 is 0 Å². The second kappa shape index (κ2) is 6.38. The molecule has 0 radical (unpaired) electrons. The van der Waals surface area contributed by atoms with Crippen molar-refractivity contribution in [2.24, 2.45) is 0 Å². The second-order valence-corrected chi connectivity index (χ2v) is 4.18. The van der Waals surface area contributed by atoms with Crippen LogP contribution in [-0.2, 0) is 0 Å². The summed E-state index contributed by atoms with van der Waals surface area (Å²) >= 11 is 0. The Morgan fingerprint density at radius 1 is 1.31 bits per heavy atom. The number of ether oxygens (including phenoxy) is 1. The van der Waals surface area contributed by atoms with Gasteiger partial charge in [0, 0.05) is 12.2 Å². The van der Waals surface area contributed by atoms with Gasteiger partial charge in [0.1, 0.15) is 12.4 Å². The van der Waals surface area contributed by atoms with Crippen molar-refractivity contribution in [2.75, 3.05) is 32.5 Å². The average molecular weight is 222 g/mol. The molecule has 0 aliphatic rings. The number of nitrogens with two attached hydrogens (primary N) is 1. The fourth-order valence-corrected chi connectivity index (χ4v) is 1.64. The Bertz CT molecular complexity index is 326. The summed E-state index contributed by atoms with van der Waals surface area (Å²) in [5, 5.41) is 0. The van der Waals surface area contributed by atoms with Gasteiger partial charge in [0.25, 0.3) is 0 Å². The highest BCUT2D eigenvalue weighted by atomic mass is 16.5. The highest BCUT2D eigenvalue weighted by Crippen LogP contribution is 2.19. The number of hydrogen-bond acceptors (Lipinski definition) is 3. The third-order valence-electron chi connectivity index (χ3n) is 2.53. The highest BCUT2D eigenvalue weighted by Gasteiger charge is 2.01. The monoisotopic (exact) mass is 222 g/mol. The van der Waals surface area contributed by atoms with Crippen LogP contribution in [0.5, 0.6) is 5.75 Å². The summed E-state index contributed by atoms with van der Waals surface area (Å²) in [5.74, 6) is 0.930. The number of rotatable bonds is 6. The van der Waals surface area contributed by atoms with Gasteiger partial charge in [-0.05, 0) is 50.7 Å². The van der Waals surface area contributed by atoms with Crippen molar-refractivity contribution in [3.63, 3.8) is 0 Å². The molecule has 1 aromatic rings. The van der Waals surface area contributed by atoms with Crippen LogP contribution in [0.1, 0.15) is 18.9 Å². The van der Waals surface area contributed by atoms with Crippen LogP contribution in [0.2, 0.25) is 0 Å². The molecule has 90 valence electrons. The van der Waals surface area contributed by atoms with E-state index in [1.165, 1.54) is 6.42 Å². The Morgan fingerprint density at radius 2 is 2.06 bits per heavy atom.